The van der Waals surface area contributed by atoms with E-state index in [9.17, 15) is 9.90 Å². The largest absolute Gasteiger partial charge is 0.457 e. The molecule has 6 heteroatoms. The number of para-hydroxylation sites is 2. The van der Waals surface area contributed by atoms with E-state index in [2.05, 4.69) is 15.4 Å². The van der Waals surface area contributed by atoms with Gasteiger partial charge in [-0.1, -0.05) is 36.4 Å². The smallest absolute Gasteiger partial charge is 0.406 e. The highest BCUT2D eigenvalue weighted by Gasteiger charge is 2.40. The number of rotatable bonds is 8. The number of benzene rings is 2. The molecule has 1 saturated heterocycles. The lowest BCUT2D eigenvalue weighted by molar-refractivity contribution is -0.0433. The van der Waals surface area contributed by atoms with Gasteiger partial charge in [0, 0.05) is 24.6 Å². The van der Waals surface area contributed by atoms with Gasteiger partial charge in [0.1, 0.15) is 11.5 Å². The Morgan fingerprint density at radius 3 is 2.63 bits per heavy atom. The van der Waals surface area contributed by atoms with E-state index >= 15 is 0 Å². The first-order valence-electron chi connectivity index (χ1n) is 10.6. The number of carbonyl (C=O) groups is 1. The van der Waals surface area contributed by atoms with Crippen LogP contribution in [0.15, 0.2) is 48.5 Å². The Hall–Kier alpha value is -2.57. The molecule has 1 amide bonds. The molecule has 0 aliphatic carbocycles. The topological polar surface area (TPSA) is 79.8 Å². The van der Waals surface area contributed by atoms with Crippen LogP contribution in [0, 0.1) is 12.8 Å². The molecule has 3 N–H and O–H groups in total. The predicted molar refractivity (Wildman–Crippen MR) is 117 cm³/mol. The molecule has 0 radical (unpaired) electrons. The van der Waals surface area contributed by atoms with Crippen LogP contribution in [0.5, 0.6) is 11.5 Å². The number of carbonyl (C=O) groups excluding carboxylic acids is 1. The molecule has 0 aromatic heterocycles. The highest BCUT2D eigenvalue weighted by atomic mass is 16.5. The van der Waals surface area contributed by atoms with Crippen molar-refractivity contribution in [3.8, 4) is 11.5 Å². The van der Waals surface area contributed by atoms with E-state index in [1.165, 1.54) is 7.11 Å². The average Bonchev–Trinajstić information content (AvgIpc) is 2.79. The number of amides is 1. The minimum absolute atomic E-state index is 0.0611. The Balaban J connectivity index is 1.87. The molecule has 0 bridgehead atoms. The molecule has 0 spiro atoms. The van der Waals surface area contributed by atoms with Crippen molar-refractivity contribution in [1.82, 2.24) is 10.6 Å². The molecular formula is C24H32N2O4. The summed E-state index contributed by atoms with van der Waals surface area (Å²) in [6.07, 6.45) is 2.64. The molecule has 6 nitrogen and oxygen atoms in total. The Morgan fingerprint density at radius 2 is 1.93 bits per heavy atom. The third-order valence-electron chi connectivity index (χ3n) is 5.83. The maximum atomic E-state index is 12.0. The lowest BCUT2D eigenvalue weighted by Gasteiger charge is -2.40. The van der Waals surface area contributed by atoms with Crippen LogP contribution in [-0.4, -0.2) is 37.9 Å². The van der Waals surface area contributed by atoms with Gasteiger partial charge in [0.15, 0.2) is 0 Å². The molecule has 1 aliphatic rings. The maximum Gasteiger partial charge on any atom is 0.406 e. The highest BCUT2D eigenvalue weighted by molar-refractivity contribution is 5.66. The Kier molecular flexibility index (Phi) is 7.71. The fourth-order valence-corrected chi connectivity index (χ4v) is 4.14. The van der Waals surface area contributed by atoms with Crippen molar-refractivity contribution < 1.29 is 19.4 Å². The molecule has 2 atom stereocenters. The molecule has 3 rings (SSSR count). The first-order chi connectivity index (χ1) is 14.5. The number of hydrogen-bond donors (Lipinski definition) is 3. The molecule has 2 unspecified atom stereocenters. The molecule has 2 aromatic rings. The zero-order chi connectivity index (χ0) is 21.4. The Morgan fingerprint density at radius 1 is 1.20 bits per heavy atom. The molecule has 162 valence electrons. The van der Waals surface area contributed by atoms with Crippen LogP contribution in [0.25, 0.3) is 0 Å². The minimum Gasteiger partial charge on any atom is -0.457 e. The van der Waals surface area contributed by atoms with Gasteiger partial charge in [-0.15, -0.1) is 0 Å². The fraction of sp³-hybridized carbons (Fsp3) is 0.458. The molecule has 1 aliphatic heterocycles. The number of alkyl carbamates (subject to hydrolysis) is 1. The van der Waals surface area contributed by atoms with E-state index in [4.69, 9.17) is 4.74 Å². The lowest BCUT2D eigenvalue weighted by atomic mass is 9.74. The van der Waals surface area contributed by atoms with Crippen molar-refractivity contribution in [1.29, 1.82) is 0 Å². The van der Waals surface area contributed by atoms with Gasteiger partial charge in [-0.25, -0.2) is 4.79 Å². The van der Waals surface area contributed by atoms with Crippen LogP contribution in [-0.2, 0) is 10.3 Å². The fourth-order valence-electron chi connectivity index (χ4n) is 4.14. The van der Waals surface area contributed by atoms with E-state index in [-0.39, 0.29) is 5.92 Å². The third-order valence-corrected chi connectivity index (χ3v) is 5.83. The third kappa shape index (κ3) is 5.32. The van der Waals surface area contributed by atoms with Gasteiger partial charge in [0.05, 0.1) is 12.7 Å². The number of aryl methyl sites for hydroxylation is 1. The summed E-state index contributed by atoms with van der Waals surface area (Å²) in [4.78, 5) is 11.4. The Labute approximate surface area is 178 Å². The lowest BCUT2D eigenvalue weighted by Crippen LogP contribution is -2.45. The summed E-state index contributed by atoms with van der Waals surface area (Å²) in [6, 6.07) is 15.6. The first kappa shape index (κ1) is 22.1. The summed E-state index contributed by atoms with van der Waals surface area (Å²) < 4.78 is 10.9. The second-order valence-electron chi connectivity index (χ2n) is 7.85. The summed E-state index contributed by atoms with van der Waals surface area (Å²) >= 11 is 0. The van der Waals surface area contributed by atoms with Gasteiger partial charge in [-0.05, 0) is 56.8 Å². The second kappa shape index (κ2) is 10.5. The van der Waals surface area contributed by atoms with E-state index in [0.717, 1.165) is 42.8 Å². The number of aliphatic hydroxyl groups is 1. The summed E-state index contributed by atoms with van der Waals surface area (Å²) in [5, 5.41) is 18.1. The molecule has 2 aromatic carbocycles. The first-order valence-corrected chi connectivity index (χ1v) is 10.6. The minimum atomic E-state index is -1.06. The molecule has 1 heterocycles. The zero-order valence-electron chi connectivity index (χ0n) is 17.8. The van der Waals surface area contributed by atoms with Gasteiger partial charge in [0.25, 0.3) is 0 Å². The van der Waals surface area contributed by atoms with Crippen LogP contribution >= 0.6 is 0 Å². The molecule has 0 saturated carbocycles. The molecular weight excluding hydrogens is 380 g/mol. The zero-order valence-corrected chi connectivity index (χ0v) is 17.8. The van der Waals surface area contributed by atoms with E-state index in [1.54, 1.807) is 0 Å². The van der Waals surface area contributed by atoms with Crippen LogP contribution in [0.1, 0.15) is 36.8 Å². The number of methoxy groups -OCH3 is 1. The van der Waals surface area contributed by atoms with Crippen LogP contribution < -0.4 is 15.4 Å². The van der Waals surface area contributed by atoms with Gasteiger partial charge in [-0.2, -0.15) is 0 Å². The van der Waals surface area contributed by atoms with E-state index in [1.807, 2.05) is 55.5 Å². The van der Waals surface area contributed by atoms with Crippen molar-refractivity contribution in [2.75, 3.05) is 26.7 Å². The van der Waals surface area contributed by atoms with E-state index in [0.29, 0.717) is 25.1 Å². The maximum absolute atomic E-state index is 12.0. The Bertz CT molecular complexity index is 835. The second-order valence-corrected chi connectivity index (χ2v) is 7.85. The predicted octanol–water partition coefficient (Wildman–Crippen LogP) is 4.11. The highest BCUT2D eigenvalue weighted by Crippen LogP contribution is 2.43. The van der Waals surface area contributed by atoms with Crippen molar-refractivity contribution >= 4 is 6.09 Å². The van der Waals surface area contributed by atoms with Crippen LogP contribution in [0.2, 0.25) is 0 Å². The summed E-state index contributed by atoms with van der Waals surface area (Å²) in [6.45, 7) is 4.17. The van der Waals surface area contributed by atoms with Crippen molar-refractivity contribution in [2.24, 2.45) is 5.92 Å². The van der Waals surface area contributed by atoms with Gasteiger partial charge < -0.3 is 25.2 Å². The summed E-state index contributed by atoms with van der Waals surface area (Å²) in [5.41, 5.74) is 0.766. The average molecular weight is 413 g/mol. The van der Waals surface area contributed by atoms with Crippen molar-refractivity contribution in [2.45, 2.75) is 38.2 Å². The van der Waals surface area contributed by atoms with Crippen molar-refractivity contribution in [3.05, 3.63) is 59.7 Å². The summed E-state index contributed by atoms with van der Waals surface area (Å²) in [7, 11) is 1.35. The number of nitrogens with one attached hydrogen (secondary N) is 2. The monoisotopic (exact) mass is 412 g/mol. The van der Waals surface area contributed by atoms with Crippen molar-refractivity contribution in [3.63, 3.8) is 0 Å². The summed E-state index contributed by atoms with van der Waals surface area (Å²) in [5.74, 6) is 1.51. The van der Waals surface area contributed by atoms with Gasteiger partial charge in [-0.3, -0.25) is 0 Å². The number of ether oxygens (including phenoxy) is 2. The SMILES string of the molecule is COC(=O)NCCCC(O)(c1ccccc1Oc1ccccc1C)C1CCCNC1. The van der Waals surface area contributed by atoms with Crippen LogP contribution in [0.4, 0.5) is 4.79 Å². The van der Waals surface area contributed by atoms with E-state index < -0.39 is 11.7 Å². The van der Waals surface area contributed by atoms with Gasteiger partial charge >= 0.3 is 6.09 Å². The number of hydrogen-bond acceptors (Lipinski definition) is 5. The van der Waals surface area contributed by atoms with Crippen LogP contribution in [0.3, 0.4) is 0 Å². The normalized spacial score (nSPS) is 18.3. The van der Waals surface area contributed by atoms with Gasteiger partial charge in [0.2, 0.25) is 0 Å². The quantitative estimate of drug-likeness (QED) is 0.569. The number of piperidine rings is 1. The molecule has 1 fully saturated rings. The standard InChI is InChI=1S/C24H32N2O4/c1-18-9-3-5-12-21(18)30-22-13-6-4-11-20(22)24(28,19-10-7-15-25-17-19)14-8-16-26-23(27)29-2/h3-6,9,11-13,19,25,28H,7-8,10,14-17H2,1-2H3,(H,26,27). The molecule has 30 heavy (non-hydrogen) atoms.